The summed E-state index contributed by atoms with van der Waals surface area (Å²) in [6, 6.07) is 12.6. The predicted molar refractivity (Wildman–Crippen MR) is 109 cm³/mol. The number of nitrogens with zero attached hydrogens (tertiary/aromatic N) is 3. The zero-order chi connectivity index (χ0) is 19.4. The number of hydrogen-bond donors (Lipinski definition) is 2. The van der Waals surface area contributed by atoms with Gasteiger partial charge in [-0.05, 0) is 31.2 Å². The normalized spacial score (nSPS) is 23.4. The summed E-state index contributed by atoms with van der Waals surface area (Å²) in [5.74, 6) is 1.36. The largest absolute Gasteiger partial charge is 0.334 e. The van der Waals surface area contributed by atoms with Crippen LogP contribution in [0, 0.1) is 11.8 Å². The van der Waals surface area contributed by atoms with Gasteiger partial charge in [0, 0.05) is 44.0 Å². The van der Waals surface area contributed by atoms with Gasteiger partial charge in [-0.2, -0.15) is 5.10 Å². The van der Waals surface area contributed by atoms with Gasteiger partial charge in [0.25, 0.3) is 0 Å². The molecule has 146 valence electrons. The highest BCUT2D eigenvalue weighted by atomic mass is 16.2. The molecule has 1 aromatic carbocycles. The van der Waals surface area contributed by atoms with E-state index in [1.807, 2.05) is 23.0 Å². The molecule has 2 N–H and O–H groups in total. The van der Waals surface area contributed by atoms with Crippen molar-refractivity contribution in [2.75, 3.05) is 18.4 Å². The SMILES string of the molecule is CC1CN(Cc2ccccc2)CC(C)C1NC(=O)Nc1ccn(C(C)C)n1. The minimum Gasteiger partial charge on any atom is -0.334 e. The Kier molecular flexibility index (Phi) is 6.16. The van der Waals surface area contributed by atoms with Crippen molar-refractivity contribution in [1.82, 2.24) is 20.0 Å². The van der Waals surface area contributed by atoms with Crippen LogP contribution in [0.4, 0.5) is 10.6 Å². The number of anilines is 1. The molecule has 1 fully saturated rings. The second kappa shape index (κ2) is 8.57. The van der Waals surface area contributed by atoms with E-state index in [9.17, 15) is 4.79 Å². The average molecular weight is 370 g/mol. The Hall–Kier alpha value is -2.34. The van der Waals surface area contributed by atoms with Crippen molar-refractivity contribution >= 4 is 11.8 Å². The van der Waals surface area contributed by atoms with Gasteiger partial charge in [-0.1, -0.05) is 44.2 Å². The Balaban J connectivity index is 1.53. The van der Waals surface area contributed by atoms with E-state index in [2.05, 4.69) is 72.6 Å². The fraction of sp³-hybridized carbons (Fsp3) is 0.524. The van der Waals surface area contributed by atoms with Gasteiger partial charge in [0.1, 0.15) is 0 Å². The molecule has 6 heteroatoms. The maximum Gasteiger partial charge on any atom is 0.320 e. The number of rotatable bonds is 5. The summed E-state index contributed by atoms with van der Waals surface area (Å²) in [7, 11) is 0. The van der Waals surface area contributed by atoms with Crippen LogP contribution < -0.4 is 10.6 Å². The molecule has 0 bridgehead atoms. The van der Waals surface area contributed by atoms with Gasteiger partial charge >= 0.3 is 6.03 Å². The van der Waals surface area contributed by atoms with Crippen LogP contribution in [-0.2, 0) is 6.54 Å². The summed E-state index contributed by atoms with van der Waals surface area (Å²) in [4.78, 5) is 14.9. The lowest BCUT2D eigenvalue weighted by Crippen LogP contribution is -2.55. The van der Waals surface area contributed by atoms with Crippen LogP contribution in [0.15, 0.2) is 42.6 Å². The van der Waals surface area contributed by atoms with Crippen LogP contribution in [0.25, 0.3) is 0 Å². The Morgan fingerprint density at radius 2 is 1.81 bits per heavy atom. The molecule has 1 aliphatic heterocycles. The van der Waals surface area contributed by atoms with Crippen LogP contribution in [0.1, 0.15) is 39.3 Å². The summed E-state index contributed by atoms with van der Waals surface area (Å²) in [6.07, 6.45) is 1.88. The number of carbonyl (C=O) groups excluding carboxylic acids is 1. The molecule has 2 aromatic rings. The molecule has 3 rings (SSSR count). The zero-order valence-corrected chi connectivity index (χ0v) is 16.7. The molecule has 1 aliphatic rings. The minimum absolute atomic E-state index is 0.157. The maximum atomic E-state index is 12.4. The number of urea groups is 1. The van der Waals surface area contributed by atoms with E-state index in [0.29, 0.717) is 17.7 Å². The van der Waals surface area contributed by atoms with Gasteiger partial charge in [0.15, 0.2) is 5.82 Å². The van der Waals surface area contributed by atoms with Gasteiger partial charge in [0.2, 0.25) is 0 Å². The van der Waals surface area contributed by atoms with Crippen LogP contribution >= 0.6 is 0 Å². The molecule has 1 saturated heterocycles. The summed E-state index contributed by atoms with van der Waals surface area (Å²) in [5.41, 5.74) is 1.33. The van der Waals surface area contributed by atoms with E-state index in [0.717, 1.165) is 19.6 Å². The Labute approximate surface area is 161 Å². The lowest BCUT2D eigenvalue weighted by molar-refractivity contribution is 0.0994. The number of piperidine rings is 1. The van der Waals surface area contributed by atoms with Crippen LogP contribution in [-0.4, -0.2) is 39.8 Å². The summed E-state index contributed by atoms with van der Waals surface area (Å²) in [6.45, 7) is 11.5. The lowest BCUT2D eigenvalue weighted by Gasteiger charge is -2.41. The van der Waals surface area contributed by atoms with E-state index >= 15 is 0 Å². The van der Waals surface area contributed by atoms with E-state index in [4.69, 9.17) is 0 Å². The van der Waals surface area contributed by atoms with Crippen molar-refractivity contribution in [1.29, 1.82) is 0 Å². The minimum atomic E-state index is -0.177. The molecule has 2 amide bonds. The third-order valence-electron chi connectivity index (χ3n) is 5.24. The van der Waals surface area contributed by atoms with Gasteiger partial charge < -0.3 is 5.32 Å². The second-order valence-electron chi connectivity index (χ2n) is 8.03. The van der Waals surface area contributed by atoms with Crippen LogP contribution in [0.3, 0.4) is 0 Å². The Morgan fingerprint density at radius 3 is 2.41 bits per heavy atom. The first-order chi connectivity index (χ1) is 12.9. The number of aromatic nitrogens is 2. The van der Waals surface area contributed by atoms with E-state index in [1.54, 1.807) is 0 Å². The van der Waals surface area contributed by atoms with E-state index in [1.165, 1.54) is 5.56 Å². The highest BCUT2D eigenvalue weighted by molar-refractivity contribution is 5.88. The third-order valence-corrected chi connectivity index (χ3v) is 5.24. The van der Waals surface area contributed by atoms with E-state index < -0.39 is 0 Å². The molecule has 6 nitrogen and oxygen atoms in total. The fourth-order valence-corrected chi connectivity index (χ4v) is 3.93. The van der Waals surface area contributed by atoms with E-state index in [-0.39, 0.29) is 18.1 Å². The summed E-state index contributed by atoms with van der Waals surface area (Å²) < 4.78 is 1.84. The number of likely N-dealkylation sites (tertiary alicyclic amines) is 1. The molecule has 1 aromatic heterocycles. The topological polar surface area (TPSA) is 62.2 Å². The van der Waals surface area contributed by atoms with Crippen molar-refractivity contribution < 1.29 is 4.79 Å². The van der Waals surface area contributed by atoms with Crippen molar-refractivity contribution in [3.8, 4) is 0 Å². The predicted octanol–water partition coefficient (Wildman–Crippen LogP) is 3.74. The van der Waals surface area contributed by atoms with Crippen molar-refractivity contribution in [3.63, 3.8) is 0 Å². The number of hydrogen-bond acceptors (Lipinski definition) is 3. The van der Waals surface area contributed by atoms with Gasteiger partial charge in [-0.25, -0.2) is 4.79 Å². The third kappa shape index (κ3) is 5.10. The molecule has 0 saturated carbocycles. The number of benzene rings is 1. The highest BCUT2D eigenvalue weighted by Gasteiger charge is 2.33. The second-order valence-corrected chi connectivity index (χ2v) is 8.03. The van der Waals surface area contributed by atoms with Gasteiger partial charge in [-0.15, -0.1) is 0 Å². The number of nitrogens with one attached hydrogen (secondary N) is 2. The number of carbonyl (C=O) groups is 1. The molecule has 0 radical (unpaired) electrons. The first-order valence-corrected chi connectivity index (χ1v) is 9.81. The molecule has 2 unspecified atom stereocenters. The molecule has 27 heavy (non-hydrogen) atoms. The monoisotopic (exact) mass is 369 g/mol. The lowest BCUT2D eigenvalue weighted by atomic mass is 9.85. The Morgan fingerprint density at radius 1 is 1.15 bits per heavy atom. The molecule has 0 spiro atoms. The average Bonchev–Trinajstić information content (AvgIpc) is 3.08. The molecule has 0 aliphatic carbocycles. The molecular weight excluding hydrogens is 338 g/mol. The molecular formula is C21H31N5O. The summed E-state index contributed by atoms with van der Waals surface area (Å²) >= 11 is 0. The van der Waals surface area contributed by atoms with Gasteiger partial charge in [0.05, 0.1) is 0 Å². The van der Waals surface area contributed by atoms with Crippen LogP contribution in [0.2, 0.25) is 0 Å². The molecule has 2 heterocycles. The van der Waals surface area contributed by atoms with Crippen LogP contribution in [0.5, 0.6) is 0 Å². The maximum absolute atomic E-state index is 12.4. The van der Waals surface area contributed by atoms with Crippen molar-refractivity contribution in [2.24, 2.45) is 11.8 Å². The van der Waals surface area contributed by atoms with Crippen molar-refractivity contribution in [3.05, 3.63) is 48.2 Å². The first-order valence-electron chi connectivity index (χ1n) is 9.81. The highest BCUT2D eigenvalue weighted by Crippen LogP contribution is 2.23. The molecule has 2 atom stereocenters. The number of amides is 2. The fourth-order valence-electron chi connectivity index (χ4n) is 3.93. The first kappa shape index (κ1) is 19.4. The zero-order valence-electron chi connectivity index (χ0n) is 16.7. The standard InChI is InChI=1S/C21H31N5O/c1-15(2)26-11-10-19(24-26)22-21(27)23-20-16(3)12-25(13-17(20)4)14-18-8-6-5-7-9-18/h5-11,15-17,20H,12-14H2,1-4H3,(H2,22,23,24,27). The summed E-state index contributed by atoms with van der Waals surface area (Å²) in [5, 5.41) is 10.4. The smallest absolute Gasteiger partial charge is 0.320 e. The quantitative estimate of drug-likeness (QED) is 0.844. The van der Waals surface area contributed by atoms with Crippen molar-refractivity contribution in [2.45, 2.75) is 46.3 Å². The van der Waals surface area contributed by atoms with Gasteiger partial charge in [-0.3, -0.25) is 14.9 Å². The Bertz CT molecular complexity index is 730.